The molecule has 0 fully saturated rings. The quantitative estimate of drug-likeness (QED) is 0.570. The van der Waals surface area contributed by atoms with Gasteiger partial charge < -0.3 is 5.11 Å². The lowest BCUT2D eigenvalue weighted by molar-refractivity contribution is 0.472. The summed E-state index contributed by atoms with van der Waals surface area (Å²) in [6.07, 6.45) is 5.10. The Balaban J connectivity index is 2.59. The number of aryl methyl sites for hydroxylation is 1. The Morgan fingerprint density at radius 3 is 3.10 bits per heavy atom. The number of benzene rings is 1. The van der Waals surface area contributed by atoms with Gasteiger partial charge in [-0.3, -0.25) is 0 Å². The predicted octanol–water partition coefficient (Wildman–Crippen LogP) is 1.77. The van der Waals surface area contributed by atoms with E-state index in [0.717, 1.165) is 18.4 Å². The topological polar surface area (TPSA) is 20.2 Å². The van der Waals surface area contributed by atoms with Crippen LogP contribution in [0.1, 0.15) is 17.5 Å². The second kappa shape index (κ2) is 2.01. The van der Waals surface area contributed by atoms with Crippen LogP contribution in [0.4, 0.5) is 0 Å². The Hall–Kier alpha value is -0.980. The van der Waals surface area contributed by atoms with Gasteiger partial charge in [-0.1, -0.05) is 12.1 Å². The van der Waals surface area contributed by atoms with Crippen molar-refractivity contribution in [3.05, 3.63) is 35.7 Å². The molecule has 2 radical (unpaired) electrons. The van der Waals surface area contributed by atoms with Crippen molar-refractivity contribution in [2.45, 2.75) is 12.8 Å². The van der Waals surface area contributed by atoms with Crippen molar-refractivity contribution in [3.8, 4) is 5.75 Å². The number of hydrogen-bond donors (Lipinski definition) is 1. The van der Waals surface area contributed by atoms with Crippen molar-refractivity contribution in [2.75, 3.05) is 0 Å². The summed E-state index contributed by atoms with van der Waals surface area (Å²) in [6, 6.07) is 5.62. The zero-order valence-electron chi connectivity index (χ0n) is 5.59. The Bertz CT molecular complexity index is 253. The second-order valence-electron chi connectivity index (χ2n) is 2.49. The van der Waals surface area contributed by atoms with E-state index in [4.69, 9.17) is 0 Å². The third-order valence-corrected chi connectivity index (χ3v) is 1.82. The van der Waals surface area contributed by atoms with Gasteiger partial charge in [-0.2, -0.15) is 0 Å². The summed E-state index contributed by atoms with van der Waals surface area (Å²) >= 11 is 0. The molecule has 2 rings (SSSR count). The Kier molecular flexibility index (Phi) is 1.16. The highest BCUT2D eigenvalue weighted by molar-refractivity contribution is 5.47. The fourth-order valence-electron chi connectivity index (χ4n) is 1.32. The minimum atomic E-state index is 0.370. The van der Waals surface area contributed by atoms with Gasteiger partial charge in [-0.05, 0) is 24.5 Å². The molecular weight excluding hydrogens is 124 g/mol. The van der Waals surface area contributed by atoms with Crippen LogP contribution < -0.4 is 0 Å². The van der Waals surface area contributed by atoms with Crippen LogP contribution >= 0.6 is 0 Å². The number of rotatable bonds is 0. The molecule has 1 nitrogen and oxygen atoms in total. The van der Waals surface area contributed by atoms with Gasteiger partial charge in [0.15, 0.2) is 0 Å². The lowest BCUT2D eigenvalue weighted by atomic mass is 10.1. The van der Waals surface area contributed by atoms with Gasteiger partial charge in [0.25, 0.3) is 0 Å². The molecule has 0 saturated carbocycles. The standard InChI is InChI=1S/C9H8O/c10-9-6-2-4-7-3-1-5-8(7)9/h2,4,6,10H,1,3H2. The number of fused-ring (bicyclic) bond motifs is 1. The number of hydrogen-bond acceptors (Lipinski definition) is 1. The van der Waals surface area contributed by atoms with Crippen LogP contribution in [0.3, 0.4) is 0 Å². The second-order valence-corrected chi connectivity index (χ2v) is 2.49. The van der Waals surface area contributed by atoms with Crippen LogP contribution in [-0.2, 0) is 6.42 Å². The molecule has 0 bridgehead atoms. The van der Waals surface area contributed by atoms with Gasteiger partial charge in [-0.15, -0.1) is 0 Å². The van der Waals surface area contributed by atoms with E-state index in [-0.39, 0.29) is 0 Å². The fourth-order valence-corrected chi connectivity index (χ4v) is 1.32. The SMILES string of the molecule is Oc1cccc2c1[C]CC2. The molecule has 1 heteroatoms. The average molecular weight is 132 g/mol. The molecule has 1 aromatic rings. The highest BCUT2D eigenvalue weighted by Gasteiger charge is 2.13. The molecule has 0 saturated heterocycles. The summed E-state index contributed by atoms with van der Waals surface area (Å²) in [5.41, 5.74) is 2.14. The van der Waals surface area contributed by atoms with Crippen LogP contribution in [0, 0.1) is 6.42 Å². The summed E-state index contributed by atoms with van der Waals surface area (Å²) in [6.45, 7) is 0. The summed E-state index contributed by atoms with van der Waals surface area (Å²) in [7, 11) is 0. The van der Waals surface area contributed by atoms with Crippen LogP contribution in [-0.4, -0.2) is 5.11 Å². The summed E-state index contributed by atoms with van der Waals surface area (Å²) in [4.78, 5) is 0. The minimum Gasteiger partial charge on any atom is -0.508 e. The van der Waals surface area contributed by atoms with Crippen LogP contribution in [0.25, 0.3) is 0 Å². The molecule has 0 amide bonds. The zero-order valence-corrected chi connectivity index (χ0v) is 5.59. The summed E-state index contributed by atoms with van der Waals surface area (Å²) in [5.74, 6) is 0.370. The Labute approximate surface area is 60.3 Å². The Morgan fingerprint density at radius 2 is 2.30 bits per heavy atom. The van der Waals surface area contributed by atoms with E-state index in [1.165, 1.54) is 5.56 Å². The third kappa shape index (κ3) is 0.703. The summed E-state index contributed by atoms with van der Waals surface area (Å²) < 4.78 is 0. The van der Waals surface area contributed by atoms with E-state index in [1.807, 2.05) is 12.1 Å². The van der Waals surface area contributed by atoms with Crippen LogP contribution in [0.5, 0.6) is 5.75 Å². The van der Waals surface area contributed by atoms with Crippen molar-refractivity contribution in [1.29, 1.82) is 0 Å². The van der Waals surface area contributed by atoms with Gasteiger partial charge >= 0.3 is 0 Å². The molecular formula is C9H8O. The van der Waals surface area contributed by atoms with Crippen molar-refractivity contribution < 1.29 is 5.11 Å². The Morgan fingerprint density at radius 1 is 1.40 bits per heavy atom. The van der Waals surface area contributed by atoms with E-state index >= 15 is 0 Å². The highest BCUT2D eigenvalue weighted by atomic mass is 16.3. The highest BCUT2D eigenvalue weighted by Crippen LogP contribution is 2.30. The molecule has 0 unspecified atom stereocenters. The molecule has 0 heterocycles. The summed E-state index contributed by atoms with van der Waals surface area (Å²) in [5, 5.41) is 9.27. The van der Waals surface area contributed by atoms with Crippen LogP contribution in [0.15, 0.2) is 18.2 Å². The normalized spacial score (nSPS) is 15.2. The van der Waals surface area contributed by atoms with Crippen molar-refractivity contribution in [2.24, 2.45) is 0 Å². The molecule has 1 aliphatic rings. The van der Waals surface area contributed by atoms with Gasteiger partial charge in [0.2, 0.25) is 0 Å². The monoisotopic (exact) mass is 132 g/mol. The minimum absolute atomic E-state index is 0.370. The van der Waals surface area contributed by atoms with Gasteiger partial charge in [0.1, 0.15) is 5.75 Å². The first-order valence-corrected chi connectivity index (χ1v) is 3.42. The lowest BCUT2D eigenvalue weighted by Crippen LogP contribution is -1.79. The van der Waals surface area contributed by atoms with Gasteiger partial charge in [-0.25, -0.2) is 0 Å². The first-order chi connectivity index (χ1) is 4.88. The number of aromatic hydroxyl groups is 1. The maximum atomic E-state index is 9.27. The van der Waals surface area contributed by atoms with E-state index in [1.54, 1.807) is 6.07 Å². The van der Waals surface area contributed by atoms with Gasteiger partial charge in [0.05, 0.1) is 0 Å². The molecule has 0 aliphatic heterocycles. The molecule has 1 aliphatic carbocycles. The van der Waals surface area contributed by atoms with Crippen LogP contribution in [0.2, 0.25) is 0 Å². The van der Waals surface area contributed by atoms with Crippen molar-refractivity contribution in [1.82, 2.24) is 0 Å². The molecule has 0 aromatic heterocycles. The zero-order chi connectivity index (χ0) is 6.97. The first kappa shape index (κ1) is 5.78. The van der Waals surface area contributed by atoms with E-state index in [9.17, 15) is 5.11 Å². The average Bonchev–Trinajstić information content (AvgIpc) is 2.36. The predicted molar refractivity (Wildman–Crippen MR) is 38.8 cm³/mol. The number of phenolic OH excluding ortho intramolecular Hbond substituents is 1. The molecule has 0 spiro atoms. The fraction of sp³-hybridized carbons (Fsp3) is 0.222. The maximum absolute atomic E-state index is 9.27. The first-order valence-electron chi connectivity index (χ1n) is 3.42. The van der Waals surface area contributed by atoms with Crippen molar-refractivity contribution in [3.63, 3.8) is 0 Å². The molecule has 0 atom stereocenters. The molecule has 1 aromatic carbocycles. The van der Waals surface area contributed by atoms with E-state index < -0.39 is 0 Å². The van der Waals surface area contributed by atoms with Gasteiger partial charge in [0, 0.05) is 12.0 Å². The largest absolute Gasteiger partial charge is 0.508 e. The molecule has 50 valence electrons. The third-order valence-electron chi connectivity index (χ3n) is 1.82. The maximum Gasteiger partial charge on any atom is 0.119 e. The smallest absolute Gasteiger partial charge is 0.119 e. The van der Waals surface area contributed by atoms with E-state index in [0.29, 0.717) is 5.75 Å². The lowest BCUT2D eigenvalue weighted by Gasteiger charge is -1.98. The molecule has 1 N–H and O–H groups in total. The van der Waals surface area contributed by atoms with E-state index in [2.05, 4.69) is 6.42 Å². The number of phenols is 1. The molecule has 10 heavy (non-hydrogen) atoms. The van der Waals surface area contributed by atoms with Crippen molar-refractivity contribution >= 4 is 0 Å².